The van der Waals surface area contributed by atoms with Gasteiger partial charge in [-0.3, -0.25) is 19.4 Å². The van der Waals surface area contributed by atoms with Crippen LogP contribution in [-0.4, -0.2) is 68.8 Å². The van der Waals surface area contributed by atoms with Crippen molar-refractivity contribution in [2.45, 2.75) is 110 Å². The van der Waals surface area contributed by atoms with Gasteiger partial charge in [0, 0.05) is 5.57 Å². The van der Waals surface area contributed by atoms with Crippen LogP contribution in [0.5, 0.6) is 0 Å². The Balaban J connectivity index is 2.17. The Morgan fingerprint density at radius 1 is 0.838 bits per heavy atom. The molecule has 3 aliphatic rings. The quantitative estimate of drug-likeness (QED) is 0.237. The van der Waals surface area contributed by atoms with Gasteiger partial charge < -0.3 is 0 Å². The van der Waals surface area contributed by atoms with Crippen molar-refractivity contribution in [1.82, 2.24) is 9.80 Å². The number of carbonyl (C=O) groups excluding carboxylic acids is 5. The molecule has 1 aliphatic heterocycles. The van der Waals surface area contributed by atoms with Crippen LogP contribution in [0.1, 0.15) is 87.0 Å². The van der Waals surface area contributed by atoms with Crippen LogP contribution < -0.4 is 0 Å². The average molecular weight is 512 g/mol. The molecule has 200 valence electrons. The van der Waals surface area contributed by atoms with Crippen LogP contribution in [0.3, 0.4) is 0 Å². The van der Waals surface area contributed by atoms with Crippen molar-refractivity contribution >= 4 is 35.8 Å². The van der Waals surface area contributed by atoms with Crippen LogP contribution in [0.25, 0.3) is 0 Å². The summed E-state index contributed by atoms with van der Waals surface area (Å²) in [5, 5.41) is 0. The third-order valence-corrected chi connectivity index (χ3v) is 7.76. The van der Waals surface area contributed by atoms with Gasteiger partial charge in [0.25, 0.3) is 11.8 Å². The molecule has 0 spiro atoms. The van der Waals surface area contributed by atoms with Crippen molar-refractivity contribution in [3.63, 3.8) is 0 Å². The number of nitrogens with zero attached hydrogens (tertiary/aromatic N) is 5. The maximum absolute atomic E-state index is 14.2. The first-order valence-electron chi connectivity index (χ1n) is 12.6. The third-order valence-electron chi connectivity index (χ3n) is 7.76. The Kier molecular flexibility index (Phi) is 7.34. The van der Waals surface area contributed by atoms with Crippen LogP contribution in [0, 0.1) is 10.8 Å². The summed E-state index contributed by atoms with van der Waals surface area (Å²) in [6.45, 7) is 16.8. The first-order chi connectivity index (χ1) is 17.0. The lowest BCUT2D eigenvalue weighted by Gasteiger charge is -2.50. The van der Waals surface area contributed by atoms with E-state index in [1.54, 1.807) is 12.2 Å². The molecule has 0 radical (unpaired) electrons. The van der Waals surface area contributed by atoms with Gasteiger partial charge in [-0.1, -0.05) is 34.3 Å². The summed E-state index contributed by atoms with van der Waals surface area (Å²) in [7, 11) is 0. The van der Waals surface area contributed by atoms with Crippen molar-refractivity contribution < 1.29 is 24.0 Å². The van der Waals surface area contributed by atoms with Crippen molar-refractivity contribution in [2.75, 3.05) is 0 Å². The average Bonchev–Trinajstić information content (AvgIpc) is 2.96. The minimum atomic E-state index is -0.983. The largest absolute Gasteiger partial charge is 0.333 e. The molecular weight excluding hydrogens is 474 g/mol. The normalized spacial score (nSPS) is 34.1. The number of amidine groups is 1. The number of aliphatic imine (C=N–C) groups is 3. The Morgan fingerprint density at radius 3 is 1.68 bits per heavy atom. The lowest BCUT2D eigenvalue weighted by Crippen LogP contribution is -2.59. The molecule has 0 bridgehead atoms. The fourth-order valence-electron chi connectivity index (χ4n) is 7.18. The van der Waals surface area contributed by atoms with E-state index in [4.69, 9.17) is 0 Å². The number of isocyanates is 2. The number of amides is 4. The number of imide groups is 1. The molecule has 10 heteroatoms. The van der Waals surface area contributed by atoms with Crippen molar-refractivity contribution in [3.8, 4) is 0 Å². The summed E-state index contributed by atoms with van der Waals surface area (Å²) in [4.78, 5) is 77.6. The topological polar surface area (TPSA) is 129 Å². The van der Waals surface area contributed by atoms with Crippen LogP contribution in [-0.2, 0) is 19.2 Å². The molecule has 37 heavy (non-hydrogen) atoms. The Bertz CT molecular complexity index is 1160. The van der Waals surface area contributed by atoms with Crippen LogP contribution >= 0.6 is 0 Å². The van der Waals surface area contributed by atoms with Gasteiger partial charge in [0.15, 0.2) is 0 Å². The van der Waals surface area contributed by atoms with E-state index >= 15 is 0 Å². The molecule has 4 amide bonds. The molecule has 4 atom stereocenters. The SMILES string of the molecule is C=C(C)C(=O)N=C1C(=O)N([C@@]2(C)C[C@@H](N=C=O)CC(C)(C)C2)C(=O)N1[C@@]1(C)C[C@@H](N=C=O)CC(C)(C)C1. The van der Waals surface area contributed by atoms with E-state index in [-0.39, 0.29) is 22.2 Å². The fourth-order valence-corrected chi connectivity index (χ4v) is 7.18. The van der Waals surface area contributed by atoms with Gasteiger partial charge in [-0.25, -0.2) is 24.4 Å². The van der Waals surface area contributed by atoms with Gasteiger partial charge in [-0.2, -0.15) is 4.99 Å². The van der Waals surface area contributed by atoms with Gasteiger partial charge in [0.1, 0.15) is 0 Å². The minimum Gasteiger partial charge on any atom is -0.267 e. The van der Waals surface area contributed by atoms with E-state index in [0.717, 1.165) is 0 Å². The summed E-state index contributed by atoms with van der Waals surface area (Å²) in [6, 6.07) is -1.40. The molecule has 0 aromatic heterocycles. The van der Waals surface area contributed by atoms with Crippen LogP contribution in [0.4, 0.5) is 4.79 Å². The number of urea groups is 1. The van der Waals surface area contributed by atoms with E-state index in [1.165, 1.54) is 16.7 Å². The van der Waals surface area contributed by atoms with E-state index in [2.05, 4.69) is 21.6 Å². The van der Waals surface area contributed by atoms with Gasteiger partial charge in [-0.15, -0.1) is 0 Å². The standard InChI is InChI=1S/C27H37N5O5/c1-17(2)21(35)30-20-22(36)32(27(8)12-19(29-16-34)10-25(5,6)14-27)23(37)31(20)26(7)11-18(28-15-33)9-24(3,4)13-26/h18-19H,1,9-14H2,2-8H3/t18-,19-,26-,27-/m0/s1. The zero-order chi connectivity index (χ0) is 28.0. The summed E-state index contributed by atoms with van der Waals surface area (Å²) in [5.41, 5.74) is -2.45. The molecule has 1 saturated heterocycles. The molecule has 0 aromatic rings. The molecule has 3 fully saturated rings. The van der Waals surface area contributed by atoms with E-state index in [9.17, 15) is 24.0 Å². The summed E-state index contributed by atoms with van der Waals surface area (Å²) in [6.07, 6.45) is 6.06. The van der Waals surface area contributed by atoms with Gasteiger partial charge in [0.2, 0.25) is 18.0 Å². The maximum atomic E-state index is 14.2. The number of hydrogen-bond donors (Lipinski definition) is 0. The molecule has 0 unspecified atom stereocenters. The van der Waals surface area contributed by atoms with Crippen molar-refractivity contribution in [2.24, 2.45) is 25.8 Å². The fraction of sp³-hybridized carbons (Fsp3) is 0.704. The highest BCUT2D eigenvalue weighted by atomic mass is 16.2. The number of carbonyl (C=O) groups is 3. The molecular formula is C27H37N5O5. The zero-order valence-electron chi connectivity index (χ0n) is 22.9. The van der Waals surface area contributed by atoms with Gasteiger partial charge >= 0.3 is 6.03 Å². The monoisotopic (exact) mass is 511 g/mol. The second-order valence-corrected chi connectivity index (χ2v) is 13.0. The third kappa shape index (κ3) is 5.55. The molecule has 0 N–H and O–H groups in total. The number of rotatable bonds is 5. The van der Waals surface area contributed by atoms with Crippen molar-refractivity contribution in [3.05, 3.63) is 12.2 Å². The van der Waals surface area contributed by atoms with E-state index in [1.807, 2.05) is 41.5 Å². The van der Waals surface area contributed by atoms with Gasteiger partial charge in [0.05, 0.1) is 23.2 Å². The summed E-state index contributed by atoms with van der Waals surface area (Å²) >= 11 is 0. The molecule has 10 nitrogen and oxygen atoms in total. The predicted molar refractivity (Wildman–Crippen MR) is 137 cm³/mol. The Morgan fingerprint density at radius 2 is 1.27 bits per heavy atom. The maximum Gasteiger partial charge on any atom is 0.333 e. The predicted octanol–water partition coefficient (Wildman–Crippen LogP) is 4.10. The summed E-state index contributed by atoms with van der Waals surface area (Å²) < 4.78 is 0. The second kappa shape index (κ2) is 9.58. The smallest absolute Gasteiger partial charge is 0.267 e. The molecule has 0 aromatic carbocycles. The Labute approximate surface area is 218 Å². The minimum absolute atomic E-state index is 0.133. The van der Waals surface area contributed by atoms with Crippen LogP contribution in [0.15, 0.2) is 27.1 Å². The molecule has 2 saturated carbocycles. The molecule has 1 heterocycles. The second-order valence-electron chi connectivity index (χ2n) is 13.0. The highest BCUT2D eigenvalue weighted by Gasteiger charge is 2.60. The molecule has 2 aliphatic carbocycles. The van der Waals surface area contributed by atoms with Crippen molar-refractivity contribution in [1.29, 1.82) is 0 Å². The van der Waals surface area contributed by atoms with E-state index < -0.39 is 41.0 Å². The first-order valence-corrected chi connectivity index (χ1v) is 12.6. The molecule has 3 rings (SSSR count). The van der Waals surface area contributed by atoms with Crippen LogP contribution in [0.2, 0.25) is 0 Å². The lowest BCUT2D eigenvalue weighted by atomic mass is 9.66. The summed E-state index contributed by atoms with van der Waals surface area (Å²) in [5.74, 6) is -1.62. The lowest BCUT2D eigenvalue weighted by molar-refractivity contribution is -0.127. The van der Waals surface area contributed by atoms with E-state index in [0.29, 0.717) is 38.5 Å². The first kappa shape index (κ1) is 28.4. The Hall–Kier alpha value is -3.22. The highest BCUT2D eigenvalue weighted by molar-refractivity contribution is 6.48. The highest BCUT2D eigenvalue weighted by Crippen LogP contribution is 2.50. The van der Waals surface area contributed by atoms with Gasteiger partial charge in [-0.05, 0) is 70.1 Å². The zero-order valence-corrected chi connectivity index (χ0v) is 22.9. The number of hydrogen-bond acceptors (Lipinski definition) is 7.